The second kappa shape index (κ2) is 10.9. The fourth-order valence-corrected chi connectivity index (χ4v) is 7.74. The zero-order chi connectivity index (χ0) is 28.8. The number of aliphatic hydroxyl groups excluding tert-OH is 1. The van der Waals surface area contributed by atoms with Gasteiger partial charge in [-0.3, -0.25) is 0 Å². The van der Waals surface area contributed by atoms with E-state index in [4.69, 9.17) is 9.47 Å². The zero-order valence-electron chi connectivity index (χ0n) is 23.0. The van der Waals surface area contributed by atoms with E-state index in [1.807, 2.05) is 26.0 Å². The predicted octanol–water partition coefficient (Wildman–Crippen LogP) is 3.47. The van der Waals surface area contributed by atoms with Crippen LogP contribution < -0.4 is 25.0 Å². The first-order valence-electron chi connectivity index (χ1n) is 13.3. The topological polar surface area (TPSA) is 129 Å². The van der Waals surface area contributed by atoms with Gasteiger partial charge >= 0.3 is 6.03 Å². The van der Waals surface area contributed by atoms with Gasteiger partial charge in [0.15, 0.2) is 0 Å². The van der Waals surface area contributed by atoms with Crippen LogP contribution in [0.1, 0.15) is 43.4 Å². The first-order chi connectivity index (χ1) is 19.0. The quantitative estimate of drug-likeness (QED) is 0.343. The van der Waals surface area contributed by atoms with Gasteiger partial charge in [0.25, 0.3) is 10.0 Å². The Hall–Kier alpha value is -2.80. The third kappa shape index (κ3) is 4.74. The van der Waals surface area contributed by atoms with Gasteiger partial charge in [-0.2, -0.15) is 0 Å². The average molecular weight is 636 g/mol. The van der Waals surface area contributed by atoms with Crippen molar-refractivity contribution in [2.45, 2.75) is 62.6 Å². The summed E-state index contributed by atoms with van der Waals surface area (Å²) in [6.45, 7) is 6.42. The van der Waals surface area contributed by atoms with E-state index in [0.717, 1.165) is 16.7 Å². The Morgan fingerprint density at radius 3 is 2.67 bits per heavy atom. The van der Waals surface area contributed by atoms with Crippen molar-refractivity contribution in [2.75, 3.05) is 20.3 Å². The highest BCUT2D eigenvalue weighted by Gasteiger charge is 2.58. The van der Waals surface area contributed by atoms with Crippen LogP contribution in [0.3, 0.4) is 0 Å². The molecule has 0 fully saturated rings. The molecule has 0 saturated heterocycles. The second-order valence-electron chi connectivity index (χ2n) is 10.7. The fraction of sp³-hybridized carbons (Fsp3) is 0.464. The van der Waals surface area contributed by atoms with Gasteiger partial charge in [-0.05, 0) is 78.4 Å². The molecule has 2 heterocycles. The lowest BCUT2D eigenvalue weighted by Crippen LogP contribution is -2.53. The van der Waals surface area contributed by atoms with Gasteiger partial charge in [-0.15, -0.1) is 4.83 Å². The number of aryl methyl sites for hydroxylation is 1. The summed E-state index contributed by atoms with van der Waals surface area (Å²) < 4.78 is 38.8. The summed E-state index contributed by atoms with van der Waals surface area (Å²) in [5.74, 6) is 1.21. The van der Waals surface area contributed by atoms with Crippen LogP contribution in [0.4, 0.5) is 4.79 Å². The molecule has 2 aliphatic heterocycles. The molecule has 10 nitrogen and oxygen atoms in total. The maximum absolute atomic E-state index is 13.1. The number of carbonyl (C=O) groups excluding carboxylic acids is 1. The molecule has 4 atom stereocenters. The van der Waals surface area contributed by atoms with Gasteiger partial charge in [0.05, 0.1) is 24.7 Å². The lowest BCUT2D eigenvalue weighted by molar-refractivity contribution is 0.0671. The van der Waals surface area contributed by atoms with Gasteiger partial charge in [0, 0.05) is 29.8 Å². The molecule has 0 bridgehead atoms. The maximum atomic E-state index is 13.1. The minimum Gasteiger partial charge on any atom is -0.495 e. The summed E-state index contributed by atoms with van der Waals surface area (Å²) in [4.78, 5) is 17.5. The predicted molar refractivity (Wildman–Crippen MR) is 153 cm³/mol. The Bertz CT molecular complexity index is 1450. The summed E-state index contributed by atoms with van der Waals surface area (Å²) in [5.41, 5.74) is 5.91. The molecule has 12 heteroatoms. The van der Waals surface area contributed by atoms with Gasteiger partial charge in [0.2, 0.25) is 0 Å². The highest BCUT2D eigenvalue weighted by atomic mass is 79.9. The summed E-state index contributed by atoms with van der Waals surface area (Å²) in [6.07, 6.45) is 2.45. The lowest BCUT2D eigenvalue weighted by atomic mass is 9.60. The molecule has 40 heavy (non-hydrogen) atoms. The normalized spacial score (nSPS) is 25.2. The first kappa shape index (κ1) is 28.7. The lowest BCUT2D eigenvalue weighted by Gasteiger charge is -2.44. The molecule has 1 spiro atoms. The molecule has 2 amide bonds. The molecule has 2 aromatic rings. The monoisotopic (exact) mass is 634 g/mol. The number of nitrogens with one attached hydrogen (secondary N) is 3. The summed E-state index contributed by atoms with van der Waals surface area (Å²) in [6, 6.07) is 7.88. The third-order valence-corrected chi connectivity index (χ3v) is 10.3. The van der Waals surface area contributed by atoms with Crippen LogP contribution in [-0.2, 0) is 22.0 Å². The van der Waals surface area contributed by atoms with Crippen LogP contribution in [0, 0.1) is 12.8 Å². The summed E-state index contributed by atoms with van der Waals surface area (Å²) in [7, 11) is -2.21. The number of sulfonamides is 1. The molecule has 0 radical (unpaired) electrons. The molecule has 0 aromatic heterocycles. The van der Waals surface area contributed by atoms with Gasteiger partial charge in [0.1, 0.15) is 22.1 Å². The van der Waals surface area contributed by atoms with E-state index in [9.17, 15) is 18.3 Å². The largest absolute Gasteiger partial charge is 0.495 e. The standard InChI is InChI=1S/C28H35BrN4O6S/c1-5-30-27(35)33-14-18-11-22(38-4)25(29)26-24(18)28(13-20(33)15-34)17(3)10-19(12-23(28)39-26)31-32-40(36,37)21-8-6-16(2)7-9-21/h6-9,11-12,17,20,23,31-32,34H,5,10,13-15H2,1-4H3,(H,30,35)/t17-,20+,23-,28+/m1/s1. The number of carbonyl (C=O) groups is 1. The van der Waals surface area contributed by atoms with Crippen molar-refractivity contribution in [3.05, 3.63) is 63.3 Å². The summed E-state index contributed by atoms with van der Waals surface area (Å²) in [5, 5.41) is 13.4. The molecule has 3 aliphatic rings. The number of urea groups is 1. The second-order valence-corrected chi connectivity index (χ2v) is 13.2. The molecular weight excluding hydrogens is 600 g/mol. The summed E-state index contributed by atoms with van der Waals surface area (Å²) >= 11 is 3.67. The number of hydrazine groups is 1. The number of allylic oxidation sites excluding steroid dienone is 1. The number of aliphatic hydroxyl groups is 1. The van der Waals surface area contributed by atoms with E-state index >= 15 is 0 Å². The van der Waals surface area contributed by atoms with Gasteiger partial charge < -0.3 is 30.2 Å². The molecule has 216 valence electrons. The number of halogens is 1. The molecule has 2 aromatic carbocycles. The fourth-order valence-electron chi connectivity index (χ4n) is 6.29. The number of methoxy groups -OCH3 is 1. The van der Waals surface area contributed by atoms with Crippen LogP contribution >= 0.6 is 15.9 Å². The highest BCUT2D eigenvalue weighted by molar-refractivity contribution is 9.10. The number of rotatable bonds is 7. The number of amides is 2. The van der Waals surface area contributed by atoms with E-state index in [1.54, 1.807) is 36.3 Å². The SMILES string of the molecule is CCNC(=O)N1Cc2cc(OC)c(Br)c3c2[C@@]2(C[C@H]1CO)[C@H](C)CC(NNS(=O)(=O)c1ccc(C)cc1)=C[C@H]2O3. The van der Waals surface area contributed by atoms with Crippen LogP contribution in [0.25, 0.3) is 0 Å². The molecule has 4 N–H and O–H groups in total. The van der Waals surface area contributed by atoms with Crippen LogP contribution in [0.2, 0.25) is 0 Å². The van der Waals surface area contributed by atoms with Crippen LogP contribution in [0.5, 0.6) is 11.5 Å². The van der Waals surface area contributed by atoms with Crippen molar-refractivity contribution in [1.29, 1.82) is 0 Å². The first-order valence-corrected chi connectivity index (χ1v) is 15.6. The Balaban J connectivity index is 1.53. The van der Waals surface area contributed by atoms with E-state index in [0.29, 0.717) is 47.6 Å². The van der Waals surface area contributed by atoms with E-state index in [-0.39, 0.29) is 23.5 Å². The number of hydrogen-bond donors (Lipinski definition) is 4. The number of benzene rings is 2. The minimum absolute atomic E-state index is 0.0302. The highest BCUT2D eigenvalue weighted by Crippen LogP contribution is 2.60. The van der Waals surface area contributed by atoms with Crippen molar-refractivity contribution in [3.63, 3.8) is 0 Å². The van der Waals surface area contributed by atoms with E-state index in [1.165, 1.54) is 0 Å². The maximum Gasteiger partial charge on any atom is 0.318 e. The minimum atomic E-state index is -3.79. The Morgan fingerprint density at radius 1 is 1.30 bits per heavy atom. The average Bonchev–Trinajstić information content (AvgIpc) is 3.18. The Morgan fingerprint density at radius 2 is 2.02 bits per heavy atom. The third-order valence-electron chi connectivity index (χ3n) is 8.30. The zero-order valence-corrected chi connectivity index (χ0v) is 25.4. The van der Waals surface area contributed by atoms with Crippen LogP contribution in [-0.4, -0.2) is 56.9 Å². The van der Waals surface area contributed by atoms with Crippen molar-refractivity contribution >= 4 is 32.0 Å². The molecule has 5 rings (SSSR count). The van der Waals surface area contributed by atoms with Crippen molar-refractivity contribution in [3.8, 4) is 11.5 Å². The Labute approximate surface area is 243 Å². The van der Waals surface area contributed by atoms with Crippen LogP contribution in [0.15, 0.2) is 51.5 Å². The smallest absolute Gasteiger partial charge is 0.318 e. The van der Waals surface area contributed by atoms with Gasteiger partial charge in [-0.1, -0.05) is 24.6 Å². The molecule has 0 saturated carbocycles. The van der Waals surface area contributed by atoms with Crippen molar-refractivity contribution < 1.29 is 27.8 Å². The van der Waals surface area contributed by atoms with Crippen molar-refractivity contribution in [2.24, 2.45) is 5.92 Å². The number of nitrogens with zero attached hydrogens (tertiary/aromatic N) is 1. The van der Waals surface area contributed by atoms with Crippen molar-refractivity contribution in [1.82, 2.24) is 20.5 Å². The Kier molecular flexibility index (Phi) is 7.81. The van der Waals surface area contributed by atoms with E-state index < -0.39 is 27.6 Å². The van der Waals surface area contributed by atoms with Gasteiger partial charge in [-0.25, -0.2) is 13.2 Å². The number of hydrogen-bond acceptors (Lipinski definition) is 7. The molecule has 0 unspecified atom stereocenters. The van der Waals surface area contributed by atoms with E-state index in [2.05, 4.69) is 38.4 Å². The molecule has 1 aliphatic carbocycles. The molecular formula is C28H35BrN4O6S. The number of ether oxygens (including phenoxy) is 2.